The van der Waals surface area contributed by atoms with Gasteiger partial charge in [-0.3, -0.25) is 0 Å². The first-order chi connectivity index (χ1) is 9.19. The van der Waals surface area contributed by atoms with Crippen LogP contribution in [-0.4, -0.2) is 7.11 Å². The zero-order valence-electron chi connectivity index (χ0n) is 11.3. The second-order valence-corrected chi connectivity index (χ2v) is 4.47. The number of ether oxygens (including phenoxy) is 2. The fourth-order valence-electron chi connectivity index (χ4n) is 1.85. The molecule has 0 heterocycles. The highest BCUT2D eigenvalue weighted by molar-refractivity contribution is 5.41. The van der Waals surface area contributed by atoms with Crippen molar-refractivity contribution in [2.24, 2.45) is 0 Å². The lowest BCUT2D eigenvalue weighted by Gasteiger charge is -2.14. The van der Waals surface area contributed by atoms with Gasteiger partial charge >= 0.3 is 0 Å². The lowest BCUT2D eigenvalue weighted by atomic mass is 10.1. The van der Waals surface area contributed by atoms with Crippen LogP contribution < -0.4 is 10.5 Å². The van der Waals surface area contributed by atoms with Crippen LogP contribution in [-0.2, 0) is 11.3 Å². The van der Waals surface area contributed by atoms with E-state index in [1.54, 1.807) is 7.11 Å². The van der Waals surface area contributed by atoms with Crippen LogP contribution in [0.4, 0.5) is 5.69 Å². The minimum absolute atomic E-state index is 0.0191. The fraction of sp³-hybridized carbons (Fsp3) is 0.250. The van der Waals surface area contributed by atoms with Crippen molar-refractivity contribution >= 4 is 5.69 Å². The number of benzene rings is 2. The summed E-state index contributed by atoms with van der Waals surface area (Å²) in [7, 11) is 1.66. The zero-order valence-corrected chi connectivity index (χ0v) is 11.3. The van der Waals surface area contributed by atoms with Gasteiger partial charge in [-0.05, 0) is 42.3 Å². The first kappa shape index (κ1) is 13.4. The van der Waals surface area contributed by atoms with Gasteiger partial charge in [0.05, 0.1) is 19.8 Å². The molecule has 1 unspecified atom stereocenters. The maximum absolute atomic E-state index is 5.85. The monoisotopic (exact) mass is 257 g/mol. The molecule has 2 aromatic rings. The summed E-state index contributed by atoms with van der Waals surface area (Å²) in [5, 5.41) is 0. The number of nitrogen functional groups attached to an aromatic ring is 1. The number of hydrogen-bond donors (Lipinski definition) is 1. The number of nitrogens with two attached hydrogens (primary N) is 1. The van der Waals surface area contributed by atoms with Crippen molar-refractivity contribution in [3.63, 3.8) is 0 Å². The highest BCUT2D eigenvalue weighted by atomic mass is 16.5. The Kier molecular flexibility index (Phi) is 4.42. The molecule has 0 spiro atoms. The van der Waals surface area contributed by atoms with E-state index < -0.39 is 0 Å². The minimum atomic E-state index is 0.0191. The van der Waals surface area contributed by atoms with E-state index in [0.717, 1.165) is 22.6 Å². The Bertz CT molecular complexity index is 523. The van der Waals surface area contributed by atoms with E-state index in [1.807, 2.05) is 55.5 Å². The van der Waals surface area contributed by atoms with Crippen molar-refractivity contribution in [1.82, 2.24) is 0 Å². The van der Waals surface area contributed by atoms with Gasteiger partial charge in [0.25, 0.3) is 0 Å². The largest absolute Gasteiger partial charge is 0.497 e. The molecule has 2 N–H and O–H groups in total. The van der Waals surface area contributed by atoms with Gasteiger partial charge in [-0.15, -0.1) is 0 Å². The number of hydrogen-bond acceptors (Lipinski definition) is 3. The molecule has 2 rings (SSSR count). The predicted molar refractivity (Wildman–Crippen MR) is 77.1 cm³/mol. The Morgan fingerprint density at radius 2 is 1.84 bits per heavy atom. The summed E-state index contributed by atoms with van der Waals surface area (Å²) in [5.41, 5.74) is 8.74. The second-order valence-electron chi connectivity index (χ2n) is 4.47. The summed E-state index contributed by atoms with van der Waals surface area (Å²) in [5.74, 6) is 0.854. The van der Waals surface area contributed by atoms with Gasteiger partial charge < -0.3 is 15.2 Å². The summed E-state index contributed by atoms with van der Waals surface area (Å²) in [6.07, 6.45) is 0.0191. The molecule has 100 valence electrons. The Morgan fingerprint density at radius 1 is 1.11 bits per heavy atom. The van der Waals surface area contributed by atoms with E-state index in [4.69, 9.17) is 15.2 Å². The molecular weight excluding hydrogens is 238 g/mol. The van der Waals surface area contributed by atoms with Crippen LogP contribution in [0.5, 0.6) is 5.75 Å². The van der Waals surface area contributed by atoms with E-state index in [1.165, 1.54) is 0 Å². The van der Waals surface area contributed by atoms with Gasteiger partial charge in [0.1, 0.15) is 5.75 Å². The summed E-state index contributed by atoms with van der Waals surface area (Å²) >= 11 is 0. The van der Waals surface area contributed by atoms with Crippen molar-refractivity contribution in [2.45, 2.75) is 19.6 Å². The van der Waals surface area contributed by atoms with Gasteiger partial charge in [0.2, 0.25) is 0 Å². The molecule has 0 aliphatic heterocycles. The summed E-state index contributed by atoms with van der Waals surface area (Å²) in [6, 6.07) is 15.7. The number of rotatable bonds is 5. The lowest BCUT2D eigenvalue weighted by Crippen LogP contribution is -2.01. The van der Waals surface area contributed by atoms with Crippen LogP contribution in [0.2, 0.25) is 0 Å². The number of anilines is 1. The Labute approximate surface area is 114 Å². The molecule has 2 aromatic carbocycles. The Balaban J connectivity index is 1.94. The molecule has 0 saturated carbocycles. The van der Waals surface area contributed by atoms with E-state index in [2.05, 4.69) is 0 Å². The fourth-order valence-corrected chi connectivity index (χ4v) is 1.85. The lowest BCUT2D eigenvalue weighted by molar-refractivity contribution is 0.0526. The smallest absolute Gasteiger partial charge is 0.118 e. The summed E-state index contributed by atoms with van der Waals surface area (Å²) < 4.78 is 11.0. The Morgan fingerprint density at radius 3 is 2.47 bits per heavy atom. The first-order valence-electron chi connectivity index (χ1n) is 6.29. The zero-order chi connectivity index (χ0) is 13.7. The van der Waals surface area contributed by atoms with Crippen molar-refractivity contribution < 1.29 is 9.47 Å². The Hall–Kier alpha value is -2.00. The average Bonchev–Trinajstić information content (AvgIpc) is 2.45. The van der Waals surface area contributed by atoms with E-state index in [9.17, 15) is 0 Å². The van der Waals surface area contributed by atoms with Crippen LogP contribution in [0.25, 0.3) is 0 Å². The van der Waals surface area contributed by atoms with Gasteiger partial charge in [-0.25, -0.2) is 0 Å². The maximum atomic E-state index is 5.85. The van der Waals surface area contributed by atoms with Crippen LogP contribution in [0, 0.1) is 0 Å². The molecule has 19 heavy (non-hydrogen) atoms. The second kappa shape index (κ2) is 6.25. The predicted octanol–water partition coefficient (Wildman–Crippen LogP) is 3.56. The van der Waals surface area contributed by atoms with Crippen LogP contribution in [0.3, 0.4) is 0 Å². The molecule has 0 radical (unpaired) electrons. The molecule has 0 aromatic heterocycles. The van der Waals surface area contributed by atoms with Crippen molar-refractivity contribution in [1.29, 1.82) is 0 Å². The highest BCUT2D eigenvalue weighted by Gasteiger charge is 2.06. The third-order valence-corrected chi connectivity index (χ3v) is 3.04. The molecule has 0 fully saturated rings. The SMILES string of the molecule is COc1ccc(COC(C)c2cccc(N)c2)cc1. The molecule has 0 aliphatic rings. The van der Waals surface area contributed by atoms with Crippen LogP contribution in [0.1, 0.15) is 24.2 Å². The van der Waals surface area contributed by atoms with Crippen molar-refractivity contribution in [3.05, 3.63) is 59.7 Å². The molecule has 0 aliphatic carbocycles. The van der Waals surface area contributed by atoms with Gasteiger partial charge in [0, 0.05) is 5.69 Å². The van der Waals surface area contributed by atoms with E-state index in [0.29, 0.717) is 6.61 Å². The average molecular weight is 257 g/mol. The van der Waals surface area contributed by atoms with Crippen LogP contribution in [0.15, 0.2) is 48.5 Å². The first-order valence-corrected chi connectivity index (χ1v) is 6.29. The molecule has 3 nitrogen and oxygen atoms in total. The van der Waals surface area contributed by atoms with Crippen molar-refractivity contribution in [2.75, 3.05) is 12.8 Å². The third-order valence-electron chi connectivity index (χ3n) is 3.04. The molecule has 3 heteroatoms. The maximum Gasteiger partial charge on any atom is 0.118 e. The quantitative estimate of drug-likeness (QED) is 0.833. The topological polar surface area (TPSA) is 44.5 Å². The van der Waals surface area contributed by atoms with Crippen LogP contribution >= 0.6 is 0 Å². The minimum Gasteiger partial charge on any atom is -0.497 e. The van der Waals surface area contributed by atoms with Gasteiger partial charge in [0.15, 0.2) is 0 Å². The van der Waals surface area contributed by atoms with E-state index in [-0.39, 0.29) is 6.10 Å². The third kappa shape index (κ3) is 3.73. The molecular formula is C16H19NO2. The molecule has 0 saturated heterocycles. The van der Waals surface area contributed by atoms with Gasteiger partial charge in [-0.2, -0.15) is 0 Å². The molecule has 1 atom stereocenters. The van der Waals surface area contributed by atoms with Crippen molar-refractivity contribution in [3.8, 4) is 5.75 Å². The highest BCUT2D eigenvalue weighted by Crippen LogP contribution is 2.21. The molecule has 0 bridgehead atoms. The summed E-state index contributed by atoms with van der Waals surface area (Å²) in [4.78, 5) is 0. The number of methoxy groups -OCH3 is 1. The summed E-state index contributed by atoms with van der Waals surface area (Å²) in [6.45, 7) is 2.60. The van der Waals surface area contributed by atoms with E-state index >= 15 is 0 Å². The standard InChI is InChI=1S/C16H19NO2/c1-12(14-4-3-5-15(17)10-14)19-11-13-6-8-16(18-2)9-7-13/h3-10,12H,11,17H2,1-2H3. The van der Waals surface area contributed by atoms with Gasteiger partial charge in [-0.1, -0.05) is 24.3 Å². The normalized spacial score (nSPS) is 12.1. The molecule has 0 amide bonds.